The molecule has 0 radical (unpaired) electrons. The minimum Gasteiger partial charge on any atom is -0.393 e. The van der Waals surface area contributed by atoms with Gasteiger partial charge in [0, 0.05) is 13.2 Å². The predicted octanol–water partition coefficient (Wildman–Crippen LogP) is 0.235. The smallest absolute Gasteiger partial charge is 0.315 e. The lowest BCUT2D eigenvalue weighted by atomic mass is 10.2. The zero-order valence-electron chi connectivity index (χ0n) is 9.16. The highest BCUT2D eigenvalue weighted by Crippen LogP contribution is 2.02. The van der Waals surface area contributed by atoms with Crippen LogP contribution in [0, 0.1) is 0 Å². The van der Waals surface area contributed by atoms with Gasteiger partial charge >= 0.3 is 6.03 Å². The summed E-state index contributed by atoms with van der Waals surface area (Å²) in [6.45, 7) is 3.69. The molecule has 1 aliphatic rings. The average Bonchev–Trinajstić information content (AvgIpc) is 2.64. The van der Waals surface area contributed by atoms with E-state index in [0.717, 1.165) is 19.4 Å². The Balaban J connectivity index is 1.98. The summed E-state index contributed by atoms with van der Waals surface area (Å²) in [7, 11) is 0. The van der Waals surface area contributed by atoms with Crippen molar-refractivity contribution in [1.82, 2.24) is 10.6 Å². The van der Waals surface area contributed by atoms with Crippen molar-refractivity contribution < 1.29 is 14.6 Å². The molecule has 0 aromatic heterocycles. The number of rotatable bonds is 5. The third-order valence-corrected chi connectivity index (χ3v) is 2.35. The third-order valence-electron chi connectivity index (χ3n) is 2.35. The van der Waals surface area contributed by atoms with E-state index in [2.05, 4.69) is 10.6 Å². The number of amides is 2. The number of hydrogen-bond acceptors (Lipinski definition) is 3. The van der Waals surface area contributed by atoms with Crippen LogP contribution in [0.2, 0.25) is 0 Å². The summed E-state index contributed by atoms with van der Waals surface area (Å²) in [6.07, 6.45) is 2.11. The zero-order valence-corrected chi connectivity index (χ0v) is 9.16. The van der Waals surface area contributed by atoms with Gasteiger partial charge in [-0.25, -0.2) is 4.79 Å². The lowest BCUT2D eigenvalue weighted by molar-refractivity contribution is 0.180. The standard InChI is InChI=1S/C10H20N2O3/c1-8(13)3-2-5-11-10(14)12-9-4-6-15-7-9/h8-9,13H,2-7H2,1H3,(H2,11,12,14). The van der Waals surface area contributed by atoms with Crippen molar-refractivity contribution in [3.05, 3.63) is 0 Å². The van der Waals surface area contributed by atoms with Crippen molar-refractivity contribution in [2.45, 2.75) is 38.3 Å². The monoisotopic (exact) mass is 216 g/mol. The van der Waals surface area contributed by atoms with Gasteiger partial charge in [0.05, 0.1) is 18.8 Å². The summed E-state index contributed by atoms with van der Waals surface area (Å²) < 4.78 is 5.14. The second-order valence-corrected chi connectivity index (χ2v) is 3.95. The van der Waals surface area contributed by atoms with Gasteiger partial charge in [-0.2, -0.15) is 0 Å². The molecule has 1 aliphatic heterocycles. The van der Waals surface area contributed by atoms with Gasteiger partial charge in [0.15, 0.2) is 0 Å². The molecule has 2 atom stereocenters. The Labute approximate surface area is 90.2 Å². The van der Waals surface area contributed by atoms with Crippen LogP contribution in [0.4, 0.5) is 4.79 Å². The molecule has 5 heteroatoms. The first kappa shape index (κ1) is 12.3. The molecule has 2 unspecified atom stereocenters. The Morgan fingerprint density at radius 2 is 2.47 bits per heavy atom. The molecule has 0 aromatic rings. The molecule has 1 saturated heterocycles. The first-order valence-corrected chi connectivity index (χ1v) is 5.48. The van der Waals surface area contributed by atoms with E-state index in [1.807, 2.05) is 0 Å². The highest BCUT2D eigenvalue weighted by Gasteiger charge is 2.17. The molecule has 88 valence electrons. The van der Waals surface area contributed by atoms with Crippen LogP contribution in [0.5, 0.6) is 0 Å². The third kappa shape index (κ3) is 5.59. The lowest BCUT2D eigenvalue weighted by Gasteiger charge is -2.12. The Morgan fingerprint density at radius 3 is 3.07 bits per heavy atom. The second-order valence-electron chi connectivity index (χ2n) is 3.95. The van der Waals surface area contributed by atoms with Crippen molar-refractivity contribution in [2.24, 2.45) is 0 Å². The Morgan fingerprint density at radius 1 is 1.67 bits per heavy atom. The number of nitrogens with one attached hydrogen (secondary N) is 2. The fourth-order valence-electron chi connectivity index (χ4n) is 1.48. The summed E-state index contributed by atoms with van der Waals surface area (Å²) >= 11 is 0. The molecular weight excluding hydrogens is 196 g/mol. The van der Waals surface area contributed by atoms with Gasteiger partial charge in [-0.3, -0.25) is 0 Å². The highest BCUT2D eigenvalue weighted by molar-refractivity contribution is 5.74. The maximum absolute atomic E-state index is 11.3. The summed E-state index contributed by atoms with van der Waals surface area (Å²) in [5.41, 5.74) is 0. The number of carbonyl (C=O) groups is 1. The van der Waals surface area contributed by atoms with Crippen LogP contribution in [0.1, 0.15) is 26.2 Å². The molecule has 5 nitrogen and oxygen atoms in total. The molecule has 0 saturated carbocycles. The molecule has 1 heterocycles. The average molecular weight is 216 g/mol. The molecule has 3 N–H and O–H groups in total. The van der Waals surface area contributed by atoms with Crippen LogP contribution >= 0.6 is 0 Å². The van der Waals surface area contributed by atoms with Crippen LogP contribution < -0.4 is 10.6 Å². The molecule has 1 fully saturated rings. The number of urea groups is 1. The van der Waals surface area contributed by atoms with E-state index < -0.39 is 0 Å². The lowest BCUT2D eigenvalue weighted by Crippen LogP contribution is -2.42. The van der Waals surface area contributed by atoms with E-state index in [4.69, 9.17) is 9.84 Å². The summed E-state index contributed by atoms with van der Waals surface area (Å²) in [6, 6.07) is 0.0119. The minimum absolute atomic E-state index is 0.143. The van der Waals surface area contributed by atoms with Crippen LogP contribution in [-0.2, 0) is 4.74 Å². The van der Waals surface area contributed by atoms with Gasteiger partial charge in [0.25, 0.3) is 0 Å². The number of hydrogen-bond donors (Lipinski definition) is 3. The molecule has 1 rings (SSSR count). The van der Waals surface area contributed by atoms with E-state index in [0.29, 0.717) is 19.6 Å². The van der Waals surface area contributed by atoms with Crippen LogP contribution in [0.25, 0.3) is 0 Å². The predicted molar refractivity (Wildman–Crippen MR) is 56.7 cm³/mol. The summed E-state index contributed by atoms with van der Waals surface area (Å²) in [4.78, 5) is 11.3. The first-order valence-electron chi connectivity index (χ1n) is 5.48. The molecule has 0 aromatic carbocycles. The molecule has 2 amide bonds. The van der Waals surface area contributed by atoms with Crippen LogP contribution in [0.15, 0.2) is 0 Å². The zero-order chi connectivity index (χ0) is 11.1. The quantitative estimate of drug-likeness (QED) is 0.576. The van der Waals surface area contributed by atoms with Crippen molar-refractivity contribution in [3.8, 4) is 0 Å². The van der Waals surface area contributed by atoms with Gasteiger partial charge < -0.3 is 20.5 Å². The second kappa shape index (κ2) is 6.63. The van der Waals surface area contributed by atoms with E-state index in [1.54, 1.807) is 6.92 Å². The van der Waals surface area contributed by atoms with Crippen molar-refractivity contribution in [2.75, 3.05) is 19.8 Å². The molecule has 0 bridgehead atoms. The van der Waals surface area contributed by atoms with Gasteiger partial charge in [-0.15, -0.1) is 0 Å². The molecule has 0 spiro atoms. The summed E-state index contributed by atoms with van der Waals surface area (Å²) in [5.74, 6) is 0. The number of aliphatic hydroxyl groups excluding tert-OH is 1. The van der Waals surface area contributed by atoms with E-state index in [9.17, 15) is 4.79 Å². The maximum atomic E-state index is 11.3. The van der Waals surface area contributed by atoms with E-state index >= 15 is 0 Å². The van der Waals surface area contributed by atoms with Gasteiger partial charge in [-0.1, -0.05) is 0 Å². The van der Waals surface area contributed by atoms with Gasteiger partial charge in [-0.05, 0) is 26.2 Å². The molecular formula is C10H20N2O3. The van der Waals surface area contributed by atoms with Crippen molar-refractivity contribution in [3.63, 3.8) is 0 Å². The van der Waals surface area contributed by atoms with Crippen LogP contribution in [-0.4, -0.2) is 43.0 Å². The SMILES string of the molecule is CC(O)CCCNC(=O)NC1CCOC1. The van der Waals surface area contributed by atoms with E-state index in [-0.39, 0.29) is 18.2 Å². The topological polar surface area (TPSA) is 70.6 Å². The Bertz CT molecular complexity index is 191. The summed E-state index contributed by atoms with van der Waals surface area (Å²) in [5, 5.41) is 14.6. The number of ether oxygens (including phenoxy) is 1. The van der Waals surface area contributed by atoms with E-state index in [1.165, 1.54) is 0 Å². The normalized spacial score (nSPS) is 22.4. The fourth-order valence-corrected chi connectivity index (χ4v) is 1.48. The van der Waals surface area contributed by atoms with Gasteiger partial charge in [0.1, 0.15) is 0 Å². The van der Waals surface area contributed by atoms with Crippen LogP contribution in [0.3, 0.4) is 0 Å². The Hall–Kier alpha value is -0.810. The fraction of sp³-hybridized carbons (Fsp3) is 0.900. The minimum atomic E-state index is -0.293. The largest absolute Gasteiger partial charge is 0.393 e. The van der Waals surface area contributed by atoms with Crippen molar-refractivity contribution in [1.29, 1.82) is 0 Å². The number of aliphatic hydroxyl groups is 1. The maximum Gasteiger partial charge on any atom is 0.315 e. The number of carbonyl (C=O) groups excluding carboxylic acids is 1. The van der Waals surface area contributed by atoms with Gasteiger partial charge in [0.2, 0.25) is 0 Å². The Kier molecular flexibility index (Phi) is 5.42. The first-order chi connectivity index (χ1) is 7.18. The highest BCUT2D eigenvalue weighted by atomic mass is 16.5. The van der Waals surface area contributed by atoms with Crippen molar-refractivity contribution >= 4 is 6.03 Å². The molecule has 0 aliphatic carbocycles. The molecule has 15 heavy (non-hydrogen) atoms.